The normalized spacial score (nSPS) is 10.4. The Kier molecular flexibility index (Phi) is 4.99. The first-order valence-corrected chi connectivity index (χ1v) is 6.49. The van der Waals surface area contributed by atoms with Crippen LogP contribution in [0.1, 0.15) is 5.56 Å². The number of amides is 1. The van der Waals surface area contributed by atoms with Gasteiger partial charge in [-0.2, -0.15) is 0 Å². The maximum atomic E-state index is 12.0. The molecule has 0 spiro atoms. The van der Waals surface area contributed by atoms with Gasteiger partial charge >= 0.3 is 0 Å². The predicted molar refractivity (Wildman–Crippen MR) is 83.7 cm³/mol. The van der Waals surface area contributed by atoms with Gasteiger partial charge in [0.15, 0.2) is 0 Å². The second-order valence-corrected chi connectivity index (χ2v) is 4.26. The van der Waals surface area contributed by atoms with Gasteiger partial charge in [0.1, 0.15) is 11.5 Å². The van der Waals surface area contributed by atoms with E-state index in [0.29, 0.717) is 11.4 Å². The van der Waals surface area contributed by atoms with E-state index in [2.05, 4.69) is 5.32 Å². The Morgan fingerprint density at radius 1 is 0.952 bits per heavy atom. The first-order chi connectivity index (χ1) is 10.2. The summed E-state index contributed by atoms with van der Waals surface area (Å²) < 4.78 is 10.4. The molecule has 0 bridgehead atoms. The fourth-order valence-corrected chi connectivity index (χ4v) is 1.89. The predicted octanol–water partition coefficient (Wildman–Crippen LogP) is 3.36. The summed E-state index contributed by atoms with van der Waals surface area (Å²) in [6, 6.07) is 14.8. The summed E-state index contributed by atoms with van der Waals surface area (Å²) in [6.07, 6.45) is 3.17. The first-order valence-electron chi connectivity index (χ1n) is 6.49. The minimum Gasteiger partial charge on any atom is -0.496 e. The number of carbonyl (C=O) groups excluding carboxylic acids is 1. The molecule has 0 aliphatic rings. The van der Waals surface area contributed by atoms with Crippen molar-refractivity contribution in [2.45, 2.75) is 0 Å². The molecule has 2 aromatic carbocycles. The molecule has 0 aliphatic carbocycles. The number of benzene rings is 2. The van der Waals surface area contributed by atoms with Crippen molar-refractivity contribution in [3.8, 4) is 11.5 Å². The van der Waals surface area contributed by atoms with Gasteiger partial charge in [-0.1, -0.05) is 30.3 Å². The Morgan fingerprint density at radius 3 is 2.29 bits per heavy atom. The van der Waals surface area contributed by atoms with Crippen LogP contribution in [0.3, 0.4) is 0 Å². The van der Waals surface area contributed by atoms with Crippen molar-refractivity contribution in [2.75, 3.05) is 19.5 Å². The molecular formula is C17H17NO3. The van der Waals surface area contributed by atoms with E-state index < -0.39 is 0 Å². The van der Waals surface area contributed by atoms with Crippen LogP contribution in [0, 0.1) is 0 Å². The zero-order chi connectivity index (χ0) is 15.1. The Morgan fingerprint density at radius 2 is 1.57 bits per heavy atom. The number of carbonyl (C=O) groups is 1. The van der Waals surface area contributed by atoms with Crippen molar-refractivity contribution >= 4 is 17.7 Å². The fourth-order valence-electron chi connectivity index (χ4n) is 1.89. The van der Waals surface area contributed by atoms with Gasteiger partial charge in [-0.05, 0) is 24.3 Å². The monoisotopic (exact) mass is 283 g/mol. The molecule has 2 rings (SSSR count). The summed E-state index contributed by atoms with van der Waals surface area (Å²) in [5, 5.41) is 2.78. The molecule has 0 radical (unpaired) electrons. The van der Waals surface area contributed by atoms with Gasteiger partial charge in [0.25, 0.3) is 0 Å². The minimum absolute atomic E-state index is 0.231. The number of rotatable bonds is 5. The van der Waals surface area contributed by atoms with Crippen LogP contribution in [0.15, 0.2) is 54.6 Å². The Bertz CT molecular complexity index is 650. The maximum Gasteiger partial charge on any atom is 0.248 e. The van der Waals surface area contributed by atoms with E-state index in [9.17, 15) is 4.79 Å². The number of methoxy groups -OCH3 is 2. The highest BCUT2D eigenvalue weighted by Crippen LogP contribution is 2.23. The van der Waals surface area contributed by atoms with E-state index in [1.54, 1.807) is 32.4 Å². The summed E-state index contributed by atoms with van der Waals surface area (Å²) in [5.74, 6) is 1.11. The minimum atomic E-state index is -0.231. The molecule has 2 aromatic rings. The lowest BCUT2D eigenvalue weighted by Gasteiger charge is -2.08. The topological polar surface area (TPSA) is 47.6 Å². The summed E-state index contributed by atoms with van der Waals surface area (Å²) in [5.41, 5.74) is 1.48. The van der Waals surface area contributed by atoms with Gasteiger partial charge in [0, 0.05) is 11.6 Å². The lowest BCUT2D eigenvalue weighted by molar-refractivity contribution is -0.111. The van der Waals surface area contributed by atoms with Crippen LogP contribution in [0.25, 0.3) is 6.08 Å². The van der Waals surface area contributed by atoms with Crippen LogP contribution in [0.4, 0.5) is 5.69 Å². The van der Waals surface area contributed by atoms with Crippen LogP contribution in [-0.2, 0) is 4.79 Å². The van der Waals surface area contributed by atoms with E-state index in [1.807, 2.05) is 36.4 Å². The van der Waals surface area contributed by atoms with Crippen LogP contribution in [0.2, 0.25) is 0 Å². The molecule has 4 nitrogen and oxygen atoms in total. The number of para-hydroxylation sites is 3. The number of anilines is 1. The molecule has 0 heterocycles. The van der Waals surface area contributed by atoms with Crippen LogP contribution < -0.4 is 14.8 Å². The Labute approximate surface area is 124 Å². The molecule has 1 amide bonds. The molecule has 0 saturated heterocycles. The average Bonchev–Trinajstić information content (AvgIpc) is 2.53. The zero-order valence-electron chi connectivity index (χ0n) is 12.0. The molecule has 0 fully saturated rings. The van der Waals surface area contributed by atoms with E-state index in [4.69, 9.17) is 9.47 Å². The van der Waals surface area contributed by atoms with Gasteiger partial charge in [0.05, 0.1) is 19.9 Å². The van der Waals surface area contributed by atoms with Gasteiger partial charge < -0.3 is 14.8 Å². The standard InChI is InChI=1S/C17H17NO3/c1-20-15-9-5-3-7-13(15)11-12-17(19)18-14-8-4-6-10-16(14)21-2/h3-12H,1-2H3,(H,18,19)/b12-11+. The molecule has 0 aliphatic heterocycles. The van der Waals surface area contributed by atoms with Crippen LogP contribution in [-0.4, -0.2) is 20.1 Å². The quantitative estimate of drug-likeness (QED) is 0.856. The Balaban J connectivity index is 2.09. The summed E-state index contributed by atoms with van der Waals surface area (Å²) in [4.78, 5) is 12.0. The molecule has 0 saturated carbocycles. The Hall–Kier alpha value is -2.75. The SMILES string of the molecule is COc1ccccc1/C=C/C(=O)Nc1ccccc1OC. The summed E-state index contributed by atoms with van der Waals surface area (Å²) >= 11 is 0. The van der Waals surface area contributed by atoms with Gasteiger partial charge in [-0.3, -0.25) is 4.79 Å². The van der Waals surface area contributed by atoms with Gasteiger partial charge in [0.2, 0.25) is 5.91 Å². The molecule has 0 aromatic heterocycles. The van der Waals surface area contributed by atoms with E-state index in [-0.39, 0.29) is 5.91 Å². The average molecular weight is 283 g/mol. The van der Waals surface area contributed by atoms with Crippen LogP contribution in [0.5, 0.6) is 11.5 Å². The molecule has 1 N–H and O–H groups in total. The first kappa shape index (κ1) is 14.7. The summed E-state index contributed by atoms with van der Waals surface area (Å²) in [7, 11) is 3.16. The van der Waals surface area contributed by atoms with Crippen molar-refractivity contribution in [2.24, 2.45) is 0 Å². The second-order valence-electron chi connectivity index (χ2n) is 4.26. The van der Waals surface area contributed by atoms with E-state index >= 15 is 0 Å². The molecule has 21 heavy (non-hydrogen) atoms. The number of ether oxygens (including phenoxy) is 2. The lowest BCUT2D eigenvalue weighted by Crippen LogP contribution is -2.08. The second kappa shape index (κ2) is 7.14. The smallest absolute Gasteiger partial charge is 0.248 e. The molecular weight excluding hydrogens is 266 g/mol. The van der Waals surface area contributed by atoms with Crippen molar-refractivity contribution in [3.63, 3.8) is 0 Å². The molecule has 0 unspecified atom stereocenters. The third-order valence-electron chi connectivity index (χ3n) is 2.92. The van der Waals surface area contributed by atoms with Crippen molar-refractivity contribution in [1.29, 1.82) is 0 Å². The van der Waals surface area contributed by atoms with Crippen molar-refractivity contribution in [1.82, 2.24) is 0 Å². The lowest BCUT2D eigenvalue weighted by atomic mass is 10.2. The highest BCUT2D eigenvalue weighted by atomic mass is 16.5. The zero-order valence-corrected chi connectivity index (χ0v) is 12.0. The van der Waals surface area contributed by atoms with Crippen molar-refractivity contribution < 1.29 is 14.3 Å². The third kappa shape index (κ3) is 3.86. The number of hydrogen-bond acceptors (Lipinski definition) is 3. The van der Waals surface area contributed by atoms with E-state index in [1.165, 1.54) is 6.08 Å². The van der Waals surface area contributed by atoms with Gasteiger partial charge in [-0.15, -0.1) is 0 Å². The maximum absolute atomic E-state index is 12.0. The fraction of sp³-hybridized carbons (Fsp3) is 0.118. The molecule has 4 heteroatoms. The van der Waals surface area contributed by atoms with Crippen molar-refractivity contribution in [3.05, 3.63) is 60.2 Å². The summed E-state index contributed by atoms with van der Waals surface area (Å²) in [6.45, 7) is 0. The molecule has 108 valence electrons. The van der Waals surface area contributed by atoms with Gasteiger partial charge in [-0.25, -0.2) is 0 Å². The number of hydrogen-bond donors (Lipinski definition) is 1. The number of nitrogens with one attached hydrogen (secondary N) is 1. The highest BCUT2D eigenvalue weighted by molar-refractivity contribution is 6.02. The van der Waals surface area contributed by atoms with Crippen LogP contribution >= 0.6 is 0 Å². The van der Waals surface area contributed by atoms with E-state index in [0.717, 1.165) is 11.3 Å². The largest absolute Gasteiger partial charge is 0.496 e. The third-order valence-corrected chi connectivity index (χ3v) is 2.92. The molecule has 0 atom stereocenters. The highest BCUT2D eigenvalue weighted by Gasteiger charge is 2.04.